The highest BCUT2D eigenvalue weighted by Gasteiger charge is 2.23. The largest absolute Gasteiger partial charge is 0.393 e. The van der Waals surface area contributed by atoms with Gasteiger partial charge >= 0.3 is 0 Å². The molecule has 0 bridgehead atoms. The second-order valence-corrected chi connectivity index (χ2v) is 11.2. The topological polar surface area (TPSA) is 95.4 Å². The third kappa shape index (κ3) is 6.67. The zero-order valence-corrected chi connectivity index (χ0v) is 21.4. The first kappa shape index (κ1) is 24.4. The molecule has 9 heteroatoms. The lowest BCUT2D eigenvalue weighted by Crippen LogP contribution is -2.42. The molecule has 2 aliphatic rings. The van der Waals surface area contributed by atoms with E-state index in [-0.39, 0.29) is 18.2 Å². The molecule has 5 rings (SSSR count). The molecule has 0 amide bonds. The van der Waals surface area contributed by atoms with Crippen LogP contribution in [0.15, 0.2) is 30.5 Å². The van der Waals surface area contributed by atoms with Crippen molar-refractivity contribution >= 4 is 38.3 Å². The molecule has 188 valence electrons. The molecule has 3 aromatic heterocycles. The van der Waals surface area contributed by atoms with Gasteiger partial charge in [0.2, 0.25) is 5.95 Å². The predicted octanol–water partition coefficient (Wildman–Crippen LogP) is 4.79. The Kier molecular flexibility index (Phi) is 7.77. The van der Waals surface area contributed by atoms with E-state index in [1.165, 1.54) is 0 Å². The molecule has 1 atom stereocenters. The van der Waals surface area contributed by atoms with Crippen LogP contribution in [0, 0.1) is 5.92 Å². The van der Waals surface area contributed by atoms with Crippen molar-refractivity contribution in [3.8, 4) is 0 Å². The Balaban J connectivity index is 1.34. The molecule has 8 nitrogen and oxygen atoms in total. The van der Waals surface area contributed by atoms with Gasteiger partial charge in [-0.3, -0.25) is 4.90 Å². The zero-order valence-electron chi connectivity index (χ0n) is 20.6. The number of aliphatic hydroxyl groups excluding tert-OH is 1. The first-order valence-corrected chi connectivity index (χ1v) is 13.6. The molecule has 2 fully saturated rings. The van der Waals surface area contributed by atoms with Gasteiger partial charge in [0.15, 0.2) is 0 Å². The summed E-state index contributed by atoms with van der Waals surface area (Å²) in [6, 6.07) is 8.49. The molecular weight excluding hydrogens is 460 g/mol. The summed E-state index contributed by atoms with van der Waals surface area (Å²) < 4.78 is 6.00. The third-order valence-corrected chi connectivity index (χ3v) is 7.67. The van der Waals surface area contributed by atoms with Crippen LogP contribution in [-0.4, -0.2) is 62.9 Å². The lowest BCUT2D eigenvalue weighted by atomic mass is 9.93. The van der Waals surface area contributed by atoms with Crippen molar-refractivity contribution < 1.29 is 9.84 Å². The van der Waals surface area contributed by atoms with Crippen molar-refractivity contribution in [2.24, 2.45) is 5.92 Å². The summed E-state index contributed by atoms with van der Waals surface area (Å²) in [6.45, 7) is 7.86. The van der Waals surface area contributed by atoms with E-state index in [1.54, 1.807) is 11.3 Å². The number of hydrogen-bond acceptors (Lipinski definition) is 9. The van der Waals surface area contributed by atoms with Crippen LogP contribution in [0.1, 0.15) is 51.6 Å². The van der Waals surface area contributed by atoms with Gasteiger partial charge in [-0.25, -0.2) is 9.97 Å². The molecule has 1 unspecified atom stereocenters. The summed E-state index contributed by atoms with van der Waals surface area (Å²) in [5.74, 6) is 2.06. The molecule has 35 heavy (non-hydrogen) atoms. The van der Waals surface area contributed by atoms with E-state index in [2.05, 4.69) is 52.6 Å². The predicted molar refractivity (Wildman–Crippen MR) is 141 cm³/mol. The van der Waals surface area contributed by atoms with E-state index in [0.29, 0.717) is 11.9 Å². The maximum absolute atomic E-state index is 9.87. The van der Waals surface area contributed by atoms with E-state index < -0.39 is 0 Å². The number of nitrogens with zero attached hydrogens (tertiary/aromatic N) is 4. The van der Waals surface area contributed by atoms with E-state index in [1.807, 2.05) is 12.3 Å². The molecule has 0 aromatic carbocycles. The second-order valence-electron chi connectivity index (χ2n) is 10.2. The Bertz CT molecular complexity index is 1080. The smallest absolute Gasteiger partial charge is 0.225 e. The van der Waals surface area contributed by atoms with Crippen LogP contribution in [0.3, 0.4) is 0 Å². The van der Waals surface area contributed by atoms with Gasteiger partial charge in [0.05, 0.1) is 29.5 Å². The quantitative estimate of drug-likeness (QED) is 0.410. The Morgan fingerprint density at radius 1 is 1.20 bits per heavy atom. The summed E-state index contributed by atoms with van der Waals surface area (Å²) in [5, 5.41) is 19.0. The number of aromatic nitrogens is 3. The zero-order chi connectivity index (χ0) is 24.2. The SMILES string of the molecule is CC(C)CC1CN(Cc2cc(Nc3cc4cccnc4s3)nc(NC3CCC(O)CC3)n2)CCO1. The summed E-state index contributed by atoms with van der Waals surface area (Å²) in [7, 11) is 0. The average Bonchev–Trinajstić information content (AvgIpc) is 3.22. The number of aliphatic hydroxyl groups is 1. The molecule has 1 aliphatic heterocycles. The van der Waals surface area contributed by atoms with Crippen molar-refractivity contribution in [3.05, 3.63) is 36.2 Å². The molecule has 0 spiro atoms. The van der Waals surface area contributed by atoms with Gasteiger partial charge < -0.3 is 20.5 Å². The number of fused-ring (bicyclic) bond motifs is 1. The highest BCUT2D eigenvalue weighted by molar-refractivity contribution is 7.22. The van der Waals surface area contributed by atoms with Crippen LogP contribution in [0.2, 0.25) is 0 Å². The maximum Gasteiger partial charge on any atom is 0.225 e. The summed E-state index contributed by atoms with van der Waals surface area (Å²) in [6.07, 6.45) is 6.50. The number of anilines is 3. The fourth-order valence-corrected chi connectivity index (χ4v) is 5.90. The van der Waals surface area contributed by atoms with Crippen LogP contribution in [0.5, 0.6) is 0 Å². The van der Waals surface area contributed by atoms with Gasteiger partial charge in [0, 0.05) is 43.3 Å². The normalized spacial score (nSPS) is 23.6. The van der Waals surface area contributed by atoms with Gasteiger partial charge in [0.1, 0.15) is 10.6 Å². The lowest BCUT2D eigenvalue weighted by Gasteiger charge is -2.33. The van der Waals surface area contributed by atoms with E-state index in [9.17, 15) is 5.11 Å². The van der Waals surface area contributed by atoms with Crippen LogP contribution >= 0.6 is 11.3 Å². The van der Waals surface area contributed by atoms with Crippen LogP contribution in [0.4, 0.5) is 16.8 Å². The van der Waals surface area contributed by atoms with Crippen LogP contribution in [-0.2, 0) is 11.3 Å². The highest BCUT2D eigenvalue weighted by Crippen LogP contribution is 2.30. The van der Waals surface area contributed by atoms with Gasteiger partial charge in [-0.15, -0.1) is 0 Å². The Hall–Kier alpha value is -2.33. The maximum atomic E-state index is 9.87. The molecule has 1 saturated heterocycles. The van der Waals surface area contributed by atoms with Crippen molar-refractivity contribution in [1.82, 2.24) is 19.9 Å². The molecule has 3 N–H and O–H groups in total. The van der Waals surface area contributed by atoms with Gasteiger partial charge in [0.25, 0.3) is 0 Å². The van der Waals surface area contributed by atoms with E-state index >= 15 is 0 Å². The fourth-order valence-electron chi connectivity index (χ4n) is 4.99. The number of hydrogen-bond donors (Lipinski definition) is 3. The van der Waals surface area contributed by atoms with Crippen molar-refractivity contribution in [1.29, 1.82) is 0 Å². The van der Waals surface area contributed by atoms with Crippen LogP contribution in [0.25, 0.3) is 10.2 Å². The molecule has 3 aromatic rings. The number of pyridine rings is 1. The standard InChI is InChI=1S/C26H36N6O2S/c1-17(2)12-22-16-32(10-11-34-22)15-20-14-23(30-24-13-18-4-3-9-27-25(18)35-24)31-26(29-20)28-19-5-7-21(33)8-6-19/h3-4,9,13-14,17,19,21-22,33H,5-8,10-12,15-16H2,1-2H3,(H2,28,29,30,31). The van der Waals surface area contributed by atoms with Crippen molar-refractivity contribution in [2.75, 3.05) is 30.3 Å². The Morgan fingerprint density at radius 2 is 2.06 bits per heavy atom. The van der Waals surface area contributed by atoms with E-state index in [4.69, 9.17) is 14.7 Å². The Labute approximate surface area is 211 Å². The number of ether oxygens (including phenoxy) is 1. The molecule has 4 heterocycles. The second kappa shape index (κ2) is 11.2. The number of nitrogens with one attached hydrogen (secondary N) is 2. The van der Waals surface area contributed by atoms with Crippen LogP contribution < -0.4 is 10.6 Å². The number of morpholine rings is 1. The van der Waals surface area contributed by atoms with Crippen molar-refractivity contribution in [3.63, 3.8) is 0 Å². The molecule has 0 radical (unpaired) electrons. The number of thiophene rings is 1. The summed E-state index contributed by atoms with van der Waals surface area (Å²) in [5.41, 5.74) is 0.991. The third-order valence-electron chi connectivity index (χ3n) is 6.70. The minimum Gasteiger partial charge on any atom is -0.393 e. The minimum absolute atomic E-state index is 0.181. The monoisotopic (exact) mass is 496 g/mol. The lowest BCUT2D eigenvalue weighted by molar-refractivity contribution is -0.0403. The Morgan fingerprint density at radius 3 is 2.86 bits per heavy atom. The van der Waals surface area contributed by atoms with Crippen molar-refractivity contribution in [2.45, 2.75) is 70.7 Å². The first-order chi connectivity index (χ1) is 17.0. The fraction of sp³-hybridized carbons (Fsp3) is 0.577. The highest BCUT2D eigenvalue weighted by atomic mass is 32.1. The molecule has 1 saturated carbocycles. The van der Waals surface area contributed by atoms with Gasteiger partial charge in [-0.2, -0.15) is 4.98 Å². The van der Waals surface area contributed by atoms with E-state index in [0.717, 1.165) is 85.1 Å². The van der Waals surface area contributed by atoms with Gasteiger partial charge in [-0.05, 0) is 50.2 Å². The summed E-state index contributed by atoms with van der Waals surface area (Å²) in [4.78, 5) is 17.6. The first-order valence-electron chi connectivity index (χ1n) is 12.8. The minimum atomic E-state index is -0.181. The van der Waals surface area contributed by atoms with Gasteiger partial charge in [-0.1, -0.05) is 31.3 Å². The molecular formula is C26H36N6O2S. The average molecular weight is 497 g/mol. The molecule has 1 aliphatic carbocycles. The number of rotatable bonds is 8. The summed E-state index contributed by atoms with van der Waals surface area (Å²) >= 11 is 1.62.